The van der Waals surface area contributed by atoms with Crippen molar-refractivity contribution in [3.63, 3.8) is 0 Å². The first-order valence-corrected chi connectivity index (χ1v) is 11.1. The fourth-order valence-electron chi connectivity index (χ4n) is 3.14. The Morgan fingerprint density at radius 2 is 1.84 bits per heavy atom. The Balaban J connectivity index is 1.40. The molecule has 0 unspecified atom stereocenters. The summed E-state index contributed by atoms with van der Waals surface area (Å²) in [7, 11) is 0. The maximum absolute atomic E-state index is 12.5. The number of thiophene rings is 1. The van der Waals surface area contributed by atoms with Gasteiger partial charge < -0.3 is 10.6 Å². The Bertz CT molecular complexity index is 1430. The lowest BCUT2D eigenvalue weighted by Gasteiger charge is -2.10. The van der Waals surface area contributed by atoms with E-state index < -0.39 is 6.03 Å². The van der Waals surface area contributed by atoms with E-state index in [0.29, 0.717) is 32.9 Å². The van der Waals surface area contributed by atoms with Crippen LogP contribution in [-0.4, -0.2) is 25.8 Å². The molecule has 3 aromatic heterocycles. The number of benzene rings is 2. The normalized spacial score (nSPS) is 10.9. The van der Waals surface area contributed by atoms with Gasteiger partial charge in [-0.25, -0.2) is 4.79 Å². The number of hydrogen-bond donors (Lipinski definition) is 2. The van der Waals surface area contributed by atoms with E-state index in [1.165, 1.54) is 0 Å². The van der Waals surface area contributed by atoms with Crippen molar-refractivity contribution in [3.05, 3.63) is 82.2 Å². The van der Waals surface area contributed by atoms with Gasteiger partial charge in [-0.15, -0.1) is 21.5 Å². The largest absolute Gasteiger partial charge is 0.323 e. The van der Waals surface area contributed by atoms with Crippen LogP contribution in [0, 0.1) is 0 Å². The van der Waals surface area contributed by atoms with Crippen LogP contribution in [0.5, 0.6) is 0 Å². The third-order valence-electron chi connectivity index (χ3n) is 4.60. The van der Waals surface area contributed by atoms with E-state index >= 15 is 0 Å². The van der Waals surface area contributed by atoms with Crippen molar-refractivity contribution < 1.29 is 4.79 Å². The molecule has 0 aliphatic rings. The highest BCUT2D eigenvalue weighted by atomic mass is 35.5. The molecule has 0 aliphatic carbocycles. The quantitative estimate of drug-likeness (QED) is 0.308. The van der Waals surface area contributed by atoms with Crippen LogP contribution in [0.25, 0.3) is 27.6 Å². The highest BCUT2D eigenvalue weighted by Crippen LogP contribution is 2.27. The zero-order valence-electron chi connectivity index (χ0n) is 16.3. The zero-order valence-corrected chi connectivity index (χ0v) is 18.6. The molecule has 32 heavy (non-hydrogen) atoms. The molecular formula is C22H14Cl2N6OS. The van der Waals surface area contributed by atoms with Gasteiger partial charge in [0.25, 0.3) is 0 Å². The van der Waals surface area contributed by atoms with Crippen molar-refractivity contribution >= 4 is 57.6 Å². The summed E-state index contributed by atoms with van der Waals surface area (Å²) in [6.45, 7) is 0. The van der Waals surface area contributed by atoms with Gasteiger partial charge in [-0.1, -0.05) is 41.4 Å². The molecule has 5 rings (SSSR count). The molecule has 2 N–H and O–H groups in total. The molecule has 10 heteroatoms. The van der Waals surface area contributed by atoms with E-state index in [0.717, 1.165) is 16.1 Å². The molecule has 2 aromatic carbocycles. The number of rotatable bonds is 4. The molecule has 0 spiro atoms. The molecule has 0 atom stereocenters. The Hall–Kier alpha value is -3.46. The van der Waals surface area contributed by atoms with Gasteiger partial charge in [0.05, 0.1) is 21.3 Å². The molecule has 158 valence electrons. The Kier molecular flexibility index (Phi) is 5.48. The molecule has 0 saturated carbocycles. The second-order valence-electron chi connectivity index (χ2n) is 6.77. The predicted octanol–water partition coefficient (Wildman–Crippen LogP) is 6.47. The summed E-state index contributed by atoms with van der Waals surface area (Å²) in [5, 5.41) is 21.5. The summed E-state index contributed by atoms with van der Waals surface area (Å²) in [5.41, 5.74) is 3.23. The number of nitrogens with one attached hydrogen (secondary N) is 2. The standard InChI is InChI=1S/C22H14Cl2N6OS/c23-14-6-7-16(24)18(12-14)26-22(31)25-15-4-1-3-13(11-15)17-8-9-20-27-28-21(30(20)29-17)19-5-2-10-32-19/h1-12H,(H2,25,26,31). The van der Waals surface area contributed by atoms with Crippen molar-refractivity contribution in [1.29, 1.82) is 0 Å². The van der Waals surface area contributed by atoms with Gasteiger partial charge in [-0.2, -0.15) is 9.61 Å². The third-order valence-corrected chi connectivity index (χ3v) is 6.03. The van der Waals surface area contributed by atoms with E-state index in [1.54, 1.807) is 40.1 Å². The van der Waals surface area contributed by atoms with Crippen molar-refractivity contribution in [2.75, 3.05) is 10.6 Å². The van der Waals surface area contributed by atoms with Crippen LogP contribution in [0.4, 0.5) is 16.2 Å². The number of anilines is 2. The second-order valence-corrected chi connectivity index (χ2v) is 8.56. The summed E-state index contributed by atoms with van der Waals surface area (Å²) >= 11 is 13.7. The average Bonchev–Trinajstić information content (AvgIpc) is 3.45. The van der Waals surface area contributed by atoms with E-state index in [4.69, 9.17) is 28.3 Å². The number of halogens is 2. The number of nitrogens with zero attached hydrogens (tertiary/aromatic N) is 4. The van der Waals surface area contributed by atoms with E-state index in [2.05, 4.69) is 20.8 Å². The van der Waals surface area contributed by atoms with Gasteiger partial charge in [-0.3, -0.25) is 0 Å². The van der Waals surface area contributed by atoms with Crippen molar-refractivity contribution in [1.82, 2.24) is 19.8 Å². The summed E-state index contributed by atoms with van der Waals surface area (Å²) in [5.74, 6) is 0.684. The summed E-state index contributed by atoms with van der Waals surface area (Å²) in [6, 6.07) is 19.5. The number of carbonyl (C=O) groups is 1. The van der Waals surface area contributed by atoms with Crippen LogP contribution in [0.2, 0.25) is 10.0 Å². The zero-order chi connectivity index (χ0) is 22.1. The van der Waals surface area contributed by atoms with Crippen LogP contribution >= 0.6 is 34.5 Å². The average molecular weight is 481 g/mol. The molecule has 0 saturated heterocycles. The number of hydrogen-bond acceptors (Lipinski definition) is 5. The summed E-state index contributed by atoms with van der Waals surface area (Å²) < 4.78 is 1.72. The minimum absolute atomic E-state index is 0.395. The first-order chi connectivity index (χ1) is 15.6. The summed E-state index contributed by atoms with van der Waals surface area (Å²) in [4.78, 5) is 13.4. The van der Waals surface area contributed by atoms with E-state index in [9.17, 15) is 4.79 Å². The number of carbonyl (C=O) groups excluding carboxylic acids is 1. The molecule has 3 heterocycles. The van der Waals surface area contributed by atoms with Gasteiger partial charge in [0.1, 0.15) is 0 Å². The first-order valence-electron chi connectivity index (χ1n) is 9.47. The van der Waals surface area contributed by atoms with Crippen LogP contribution in [0.1, 0.15) is 0 Å². The molecular weight excluding hydrogens is 467 g/mol. The smallest absolute Gasteiger partial charge is 0.308 e. The molecule has 0 fully saturated rings. The molecule has 2 amide bonds. The minimum atomic E-state index is -0.437. The highest BCUT2D eigenvalue weighted by molar-refractivity contribution is 7.13. The van der Waals surface area contributed by atoms with Gasteiger partial charge in [0.2, 0.25) is 0 Å². The predicted molar refractivity (Wildman–Crippen MR) is 129 cm³/mol. The Labute approximate surface area is 196 Å². The first kappa shape index (κ1) is 20.4. The van der Waals surface area contributed by atoms with Crippen LogP contribution < -0.4 is 10.6 Å². The minimum Gasteiger partial charge on any atom is -0.308 e. The Morgan fingerprint density at radius 3 is 2.69 bits per heavy atom. The second kappa shape index (κ2) is 8.58. The van der Waals surface area contributed by atoms with Gasteiger partial charge in [-0.05, 0) is 53.9 Å². The van der Waals surface area contributed by atoms with Gasteiger partial charge in [0, 0.05) is 16.3 Å². The monoisotopic (exact) mass is 480 g/mol. The number of fused-ring (bicyclic) bond motifs is 1. The van der Waals surface area contributed by atoms with Gasteiger partial charge >= 0.3 is 6.03 Å². The lowest BCUT2D eigenvalue weighted by Crippen LogP contribution is -2.19. The van der Waals surface area contributed by atoms with Crippen LogP contribution in [0.15, 0.2) is 72.1 Å². The molecule has 0 bridgehead atoms. The van der Waals surface area contributed by atoms with Crippen molar-refractivity contribution in [2.24, 2.45) is 0 Å². The van der Waals surface area contributed by atoms with E-state index in [1.807, 2.05) is 47.8 Å². The molecule has 5 aromatic rings. The van der Waals surface area contributed by atoms with E-state index in [-0.39, 0.29) is 0 Å². The fraction of sp³-hybridized carbons (Fsp3) is 0. The molecule has 7 nitrogen and oxygen atoms in total. The third kappa shape index (κ3) is 4.16. The van der Waals surface area contributed by atoms with Gasteiger partial charge in [0.15, 0.2) is 11.5 Å². The van der Waals surface area contributed by atoms with Crippen molar-refractivity contribution in [3.8, 4) is 22.0 Å². The lowest BCUT2D eigenvalue weighted by molar-refractivity contribution is 0.262. The van der Waals surface area contributed by atoms with Crippen LogP contribution in [-0.2, 0) is 0 Å². The number of urea groups is 1. The highest BCUT2D eigenvalue weighted by Gasteiger charge is 2.12. The van der Waals surface area contributed by atoms with Crippen molar-refractivity contribution in [2.45, 2.75) is 0 Å². The topological polar surface area (TPSA) is 84.2 Å². The summed E-state index contributed by atoms with van der Waals surface area (Å²) in [6.07, 6.45) is 0. The molecule has 0 radical (unpaired) electrons. The molecule has 0 aliphatic heterocycles. The number of amides is 2. The SMILES string of the molecule is O=C(Nc1cccc(-c2ccc3nnc(-c4cccs4)n3n2)c1)Nc1cc(Cl)ccc1Cl. The lowest BCUT2D eigenvalue weighted by atomic mass is 10.1. The fourth-order valence-corrected chi connectivity index (χ4v) is 4.17. The number of aromatic nitrogens is 4. The van der Waals surface area contributed by atoms with Crippen LogP contribution in [0.3, 0.4) is 0 Å². The maximum atomic E-state index is 12.5. The maximum Gasteiger partial charge on any atom is 0.323 e. The Morgan fingerprint density at radius 1 is 0.938 bits per heavy atom.